The first-order valence-electron chi connectivity index (χ1n) is 3.97. The molecule has 6 nitrogen and oxygen atoms in total. The number of aromatic amines is 1. The Kier molecular flexibility index (Phi) is 3.61. The number of hydrogen-bond acceptors (Lipinski definition) is 4. The third kappa shape index (κ3) is 3.09. The Bertz CT molecular complexity index is 499. The molecule has 94 valence electrons. The van der Waals surface area contributed by atoms with Gasteiger partial charge in [-0.3, -0.25) is 14.9 Å². The molecule has 0 aromatic carbocycles. The maximum absolute atomic E-state index is 12.0. The molecule has 0 aliphatic carbocycles. The lowest BCUT2D eigenvalue weighted by molar-refractivity contribution is -0.386. The zero-order valence-corrected chi connectivity index (χ0v) is 8.63. The van der Waals surface area contributed by atoms with E-state index in [0.29, 0.717) is 6.20 Å². The molecule has 1 heterocycles. The van der Waals surface area contributed by atoms with E-state index in [1.54, 1.807) is 0 Å². The number of rotatable bonds is 3. The number of halogens is 4. The molecule has 0 spiro atoms. The fraction of sp³-hybridized carbons (Fsp3) is 0.286. The number of nitrogens with zero attached hydrogens (tertiary/aromatic N) is 1. The average molecular weight is 273 g/mol. The van der Waals surface area contributed by atoms with Crippen LogP contribution < -0.4 is 10.2 Å². The summed E-state index contributed by atoms with van der Waals surface area (Å²) in [6.07, 6.45) is -4.48. The molecule has 0 saturated heterocycles. The van der Waals surface area contributed by atoms with Crippen LogP contribution in [0.3, 0.4) is 0 Å². The first-order chi connectivity index (χ1) is 7.76. The van der Waals surface area contributed by atoms with E-state index < -0.39 is 34.0 Å². The number of ether oxygens (including phenoxy) is 1. The minimum atomic E-state index is -5.14. The van der Waals surface area contributed by atoms with Crippen LogP contribution in [0.15, 0.2) is 11.0 Å². The van der Waals surface area contributed by atoms with Gasteiger partial charge in [-0.25, -0.2) is 0 Å². The van der Waals surface area contributed by atoms with Crippen LogP contribution in [-0.4, -0.2) is 16.3 Å². The number of nitro groups is 1. The molecule has 0 saturated carbocycles. The summed E-state index contributed by atoms with van der Waals surface area (Å²) < 4.78 is 39.4. The van der Waals surface area contributed by atoms with Crippen LogP contribution in [0.25, 0.3) is 0 Å². The van der Waals surface area contributed by atoms with Crippen molar-refractivity contribution >= 4 is 17.3 Å². The van der Waals surface area contributed by atoms with Crippen LogP contribution in [0.1, 0.15) is 5.69 Å². The van der Waals surface area contributed by atoms with Gasteiger partial charge in [0.15, 0.2) is 0 Å². The monoisotopic (exact) mass is 272 g/mol. The van der Waals surface area contributed by atoms with Crippen molar-refractivity contribution in [3.05, 3.63) is 32.2 Å². The Labute approximate surface area is 96.1 Å². The summed E-state index contributed by atoms with van der Waals surface area (Å²) >= 11 is 5.28. The molecule has 1 N–H and O–H groups in total. The standard InChI is InChI=1S/C7H4ClF3N2O4/c8-1-3-6(17-7(9,10)11)5(14)4(2-12-3)13(15)16/h2H,1H2,(H,12,14). The van der Waals surface area contributed by atoms with Crippen LogP contribution in [0, 0.1) is 10.1 Å². The summed E-state index contributed by atoms with van der Waals surface area (Å²) in [4.78, 5) is 22.7. The number of hydrogen-bond donors (Lipinski definition) is 1. The van der Waals surface area contributed by atoms with E-state index in [4.69, 9.17) is 11.6 Å². The Morgan fingerprint density at radius 2 is 2.12 bits per heavy atom. The minimum absolute atomic E-state index is 0.389. The van der Waals surface area contributed by atoms with Gasteiger partial charge < -0.3 is 9.72 Å². The van der Waals surface area contributed by atoms with Crippen molar-refractivity contribution in [3.8, 4) is 5.75 Å². The molecule has 0 unspecified atom stereocenters. The number of aromatic nitrogens is 1. The maximum atomic E-state index is 12.0. The second-order valence-electron chi connectivity index (χ2n) is 2.75. The lowest BCUT2D eigenvalue weighted by Crippen LogP contribution is -2.24. The van der Waals surface area contributed by atoms with E-state index >= 15 is 0 Å². The van der Waals surface area contributed by atoms with Gasteiger partial charge in [0, 0.05) is 0 Å². The van der Waals surface area contributed by atoms with E-state index in [2.05, 4.69) is 9.72 Å². The molecule has 10 heteroatoms. The van der Waals surface area contributed by atoms with Crippen molar-refractivity contribution < 1.29 is 22.8 Å². The topological polar surface area (TPSA) is 85.2 Å². The highest BCUT2D eigenvalue weighted by Gasteiger charge is 2.35. The lowest BCUT2D eigenvalue weighted by Gasteiger charge is -2.10. The molecule has 0 amide bonds. The van der Waals surface area contributed by atoms with E-state index in [1.807, 2.05) is 0 Å². The van der Waals surface area contributed by atoms with Crippen molar-refractivity contribution in [2.75, 3.05) is 0 Å². The van der Waals surface area contributed by atoms with Crippen LogP contribution in [0.2, 0.25) is 0 Å². The fourth-order valence-electron chi connectivity index (χ4n) is 0.998. The van der Waals surface area contributed by atoms with Gasteiger partial charge >= 0.3 is 17.5 Å². The van der Waals surface area contributed by atoms with Crippen LogP contribution in [0.5, 0.6) is 5.75 Å². The second-order valence-corrected chi connectivity index (χ2v) is 3.02. The lowest BCUT2D eigenvalue weighted by atomic mass is 10.3. The molecule has 0 radical (unpaired) electrons. The molecule has 0 bridgehead atoms. The summed E-state index contributed by atoms with van der Waals surface area (Å²) in [5, 5.41) is 10.4. The van der Waals surface area contributed by atoms with Gasteiger partial charge in [0.05, 0.1) is 22.7 Å². The largest absolute Gasteiger partial charge is 0.573 e. The summed E-state index contributed by atoms with van der Waals surface area (Å²) in [6.45, 7) is 0. The van der Waals surface area contributed by atoms with Gasteiger partial charge in [-0.1, -0.05) is 0 Å². The van der Waals surface area contributed by atoms with E-state index in [-0.39, 0.29) is 5.69 Å². The summed E-state index contributed by atoms with van der Waals surface area (Å²) in [5.74, 6) is -1.71. The predicted molar refractivity (Wildman–Crippen MR) is 50.0 cm³/mol. The minimum Gasteiger partial charge on any atom is -0.399 e. The van der Waals surface area contributed by atoms with Crippen molar-refractivity contribution in [1.82, 2.24) is 4.98 Å². The van der Waals surface area contributed by atoms with Crippen molar-refractivity contribution in [1.29, 1.82) is 0 Å². The third-order valence-corrected chi connectivity index (χ3v) is 1.91. The van der Waals surface area contributed by atoms with Crippen LogP contribution in [0.4, 0.5) is 18.9 Å². The predicted octanol–water partition coefficient (Wildman–Crippen LogP) is 1.92. The number of nitrogens with one attached hydrogen (secondary N) is 1. The molecule has 1 aromatic rings. The molecule has 1 aromatic heterocycles. The zero-order chi connectivity index (χ0) is 13.2. The first-order valence-corrected chi connectivity index (χ1v) is 4.50. The van der Waals surface area contributed by atoms with Crippen molar-refractivity contribution in [2.45, 2.75) is 12.2 Å². The summed E-state index contributed by atoms with van der Waals surface area (Å²) in [6, 6.07) is 0. The highest BCUT2D eigenvalue weighted by atomic mass is 35.5. The molecule has 0 atom stereocenters. The second kappa shape index (κ2) is 4.62. The van der Waals surface area contributed by atoms with Gasteiger partial charge in [-0.15, -0.1) is 24.8 Å². The van der Waals surface area contributed by atoms with Gasteiger partial charge in [0.1, 0.15) is 0 Å². The Morgan fingerprint density at radius 3 is 2.53 bits per heavy atom. The normalized spacial score (nSPS) is 11.3. The molecule has 0 aliphatic rings. The molecule has 0 fully saturated rings. The molecular weight excluding hydrogens is 269 g/mol. The smallest absolute Gasteiger partial charge is 0.399 e. The van der Waals surface area contributed by atoms with Gasteiger partial charge in [-0.2, -0.15) is 0 Å². The molecular formula is C7H4ClF3N2O4. The summed E-state index contributed by atoms with van der Waals surface area (Å²) in [5.41, 5.74) is -2.93. The van der Waals surface area contributed by atoms with Crippen molar-refractivity contribution in [3.63, 3.8) is 0 Å². The zero-order valence-electron chi connectivity index (χ0n) is 7.88. The Morgan fingerprint density at radius 1 is 1.53 bits per heavy atom. The quantitative estimate of drug-likeness (QED) is 0.517. The van der Waals surface area contributed by atoms with E-state index in [9.17, 15) is 28.1 Å². The Balaban J connectivity index is 3.38. The Hall–Kier alpha value is -1.77. The maximum Gasteiger partial charge on any atom is 0.573 e. The van der Waals surface area contributed by atoms with Gasteiger partial charge in [0.25, 0.3) is 0 Å². The van der Waals surface area contributed by atoms with Crippen LogP contribution >= 0.6 is 11.6 Å². The highest BCUT2D eigenvalue weighted by Crippen LogP contribution is 2.24. The van der Waals surface area contributed by atoms with Gasteiger partial charge in [0.2, 0.25) is 5.75 Å². The van der Waals surface area contributed by atoms with Crippen molar-refractivity contribution in [2.24, 2.45) is 0 Å². The summed E-state index contributed by atoms with van der Waals surface area (Å²) in [7, 11) is 0. The molecule has 17 heavy (non-hydrogen) atoms. The molecule has 1 rings (SSSR count). The van der Waals surface area contributed by atoms with E-state index in [0.717, 1.165) is 0 Å². The van der Waals surface area contributed by atoms with Gasteiger partial charge in [-0.05, 0) is 0 Å². The highest BCUT2D eigenvalue weighted by molar-refractivity contribution is 6.17. The average Bonchev–Trinajstić information content (AvgIpc) is 2.18. The fourth-order valence-corrected chi connectivity index (χ4v) is 1.20. The number of H-pyrrole nitrogens is 1. The molecule has 0 aliphatic heterocycles. The number of pyridine rings is 1. The third-order valence-electron chi connectivity index (χ3n) is 1.64. The van der Waals surface area contributed by atoms with Crippen LogP contribution in [-0.2, 0) is 5.88 Å². The first kappa shape index (κ1) is 13.3. The van der Waals surface area contributed by atoms with E-state index in [1.165, 1.54) is 0 Å². The SMILES string of the molecule is O=c1c([N+](=O)[O-])c[nH]c(CCl)c1OC(F)(F)F. The number of alkyl halides is 4.